The predicted molar refractivity (Wildman–Crippen MR) is 76.5 cm³/mol. The van der Waals surface area contributed by atoms with E-state index in [9.17, 15) is 13.2 Å². The minimum Gasteiger partial charge on any atom is -0.341 e. The van der Waals surface area contributed by atoms with E-state index in [1.54, 1.807) is 4.90 Å². The SMILES string of the molecule is CCC1(CC)CCN(C(=O)C(N)CCS(C)(=O)=O)C1. The van der Waals surface area contributed by atoms with E-state index in [1.165, 1.54) is 6.26 Å². The Morgan fingerprint density at radius 1 is 1.37 bits per heavy atom. The molecule has 1 saturated heterocycles. The van der Waals surface area contributed by atoms with Crippen molar-refractivity contribution < 1.29 is 13.2 Å². The van der Waals surface area contributed by atoms with Crippen LogP contribution in [0.1, 0.15) is 39.5 Å². The molecule has 5 nitrogen and oxygen atoms in total. The second kappa shape index (κ2) is 6.22. The van der Waals surface area contributed by atoms with E-state index in [0.29, 0.717) is 0 Å². The van der Waals surface area contributed by atoms with Gasteiger partial charge >= 0.3 is 0 Å². The topological polar surface area (TPSA) is 80.5 Å². The lowest BCUT2D eigenvalue weighted by atomic mass is 9.82. The van der Waals surface area contributed by atoms with Gasteiger partial charge in [0.15, 0.2) is 0 Å². The summed E-state index contributed by atoms with van der Waals surface area (Å²) in [5, 5.41) is 0. The smallest absolute Gasteiger partial charge is 0.239 e. The van der Waals surface area contributed by atoms with Gasteiger partial charge in [-0.05, 0) is 31.1 Å². The van der Waals surface area contributed by atoms with Gasteiger partial charge in [0.25, 0.3) is 0 Å². The monoisotopic (exact) mass is 290 g/mol. The summed E-state index contributed by atoms with van der Waals surface area (Å²) in [4.78, 5) is 14.0. The summed E-state index contributed by atoms with van der Waals surface area (Å²) in [5.41, 5.74) is 6.05. The number of hydrogen-bond donors (Lipinski definition) is 1. The quantitative estimate of drug-likeness (QED) is 0.784. The zero-order valence-corrected chi connectivity index (χ0v) is 13.0. The number of hydrogen-bond acceptors (Lipinski definition) is 4. The lowest BCUT2D eigenvalue weighted by Gasteiger charge is -2.27. The largest absolute Gasteiger partial charge is 0.341 e. The number of nitrogens with zero attached hydrogens (tertiary/aromatic N) is 1. The fourth-order valence-electron chi connectivity index (χ4n) is 2.65. The highest BCUT2D eigenvalue weighted by Gasteiger charge is 2.38. The van der Waals surface area contributed by atoms with E-state index in [0.717, 1.165) is 32.4 Å². The van der Waals surface area contributed by atoms with Gasteiger partial charge < -0.3 is 10.6 Å². The van der Waals surface area contributed by atoms with Crippen molar-refractivity contribution in [3.63, 3.8) is 0 Å². The molecule has 0 saturated carbocycles. The maximum absolute atomic E-state index is 12.2. The highest BCUT2D eigenvalue weighted by Crippen LogP contribution is 2.37. The molecule has 0 aliphatic carbocycles. The summed E-state index contributed by atoms with van der Waals surface area (Å²) in [7, 11) is -3.06. The van der Waals surface area contributed by atoms with Gasteiger partial charge in [-0.15, -0.1) is 0 Å². The molecule has 1 unspecified atom stereocenters. The Morgan fingerprint density at radius 2 is 1.95 bits per heavy atom. The number of carbonyl (C=O) groups is 1. The molecule has 0 aromatic heterocycles. The first-order chi connectivity index (χ1) is 8.73. The van der Waals surface area contributed by atoms with E-state index >= 15 is 0 Å². The molecule has 1 heterocycles. The number of carbonyl (C=O) groups excluding carboxylic acids is 1. The van der Waals surface area contributed by atoms with E-state index < -0.39 is 15.9 Å². The lowest BCUT2D eigenvalue weighted by Crippen LogP contribution is -2.44. The Balaban J connectivity index is 2.55. The van der Waals surface area contributed by atoms with E-state index in [1.807, 2.05) is 0 Å². The van der Waals surface area contributed by atoms with E-state index in [4.69, 9.17) is 5.73 Å². The van der Waals surface area contributed by atoms with Crippen molar-refractivity contribution in [2.45, 2.75) is 45.6 Å². The van der Waals surface area contributed by atoms with Gasteiger partial charge in [0.1, 0.15) is 9.84 Å². The maximum Gasteiger partial charge on any atom is 0.239 e. The molecule has 0 radical (unpaired) electrons. The Labute approximate surface area is 116 Å². The molecule has 0 aromatic rings. The Hall–Kier alpha value is -0.620. The molecule has 0 spiro atoms. The maximum atomic E-state index is 12.2. The minimum absolute atomic E-state index is 0.0273. The molecular formula is C13H26N2O3S. The first kappa shape index (κ1) is 16.4. The summed E-state index contributed by atoms with van der Waals surface area (Å²) >= 11 is 0. The molecule has 0 bridgehead atoms. The third-order valence-electron chi connectivity index (χ3n) is 4.37. The highest BCUT2D eigenvalue weighted by molar-refractivity contribution is 7.90. The molecule has 19 heavy (non-hydrogen) atoms. The molecule has 1 aliphatic heterocycles. The third kappa shape index (κ3) is 4.45. The first-order valence-corrected chi connectivity index (χ1v) is 9.01. The summed E-state index contributed by atoms with van der Waals surface area (Å²) in [6.45, 7) is 5.81. The number of sulfone groups is 1. The van der Waals surface area contributed by atoms with Gasteiger partial charge in [0.05, 0.1) is 11.8 Å². The minimum atomic E-state index is -3.06. The van der Waals surface area contributed by atoms with Crippen LogP contribution in [0.15, 0.2) is 0 Å². The van der Waals surface area contributed by atoms with Crippen molar-refractivity contribution in [2.75, 3.05) is 25.1 Å². The molecule has 6 heteroatoms. The van der Waals surface area contributed by atoms with Crippen LogP contribution in [-0.2, 0) is 14.6 Å². The van der Waals surface area contributed by atoms with Gasteiger partial charge in [0, 0.05) is 19.3 Å². The van der Waals surface area contributed by atoms with Crippen molar-refractivity contribution in [3.8, 4) is 0 Å². The van der Waals surface area contributed by atoms with Crippen LogP contribution in [0.25, 0.3) is 0 Å². The summed E-state index contributed by atoms with van der Waals surface area (Å²) < 4.78 is 22.2. The average Bonchev–Trinajstić information content (AvgIpc) is 2.79. The molecular weight excluding hydrogens is 264 g/mol. The third-order valence-corrected chi connectivity index (χ3v) is 5.34. The van der Waals surface area contributed by atoms with Crippen LogP contribution >= 0.6 is 0 Å². The Kier molecular flexibility index (Phi) is 5.38. The number of rotatable bonds is 6. The van der Waals surface area contributed by atoms with Gasteiger partial charge in [-0.1, -0.05) is 13.8 Å². The van der Waals surface area contributed by atoms with Gasteiger partial charge in [-0.3, -0.25) is 4.79 Å². The van der Waals surface area contributed by atoms with Crippen molar-refractivity contribution in [1.29, 1.82) is 0 Å². The zero-order valence-electron chi connectivity index (χ0n) is 12.2. The van der Waals surface area contributed by atoms with Crippen LogP contribution in [-0.4, -0.2) is 50.4 Å². The van der Waals surface area contributed by atoms with Crippen molar-refractivity contribution in [2.24, 2.45) is 11.1 Å². The summed E-state index contributed by atoms with van der Waals surface area (Å²) in [6.07, 6.45) is 4.51. The normalized spacial score (nSPS) is 20.5. The van der Waals surface area contributed by atoms with E-state index in [-0.39, 0.29) is 23.5 Å². The van der Waals surface area contributed by atoms with Crippen LogP contribution in [0.2, 0.25) is 0 Å². The standard InChI is InChI=1S/C13H26N2O3S/c1-4-13(5-2)7-8-15(10-13)12(16)11(14)6-9-19(3,17)18/h11H,4-10,14H2,1-3H3. The number of nitrogens with two attached hydrogens (primary N) is 1. The van der Waals surface area contributed by atoms with Gasteiger partial charge in [-0.25, -0.2) is 8.42 Å². The predicted octanol–water partition coefficient (Wildman–Crippen LogP) is 0.787. The van der Waals surface area contributed by atoms with E-state index in [2.05, 4.69) is 13.8 Å². The van der Waals surface area contributed by atoms with Crippen LogP contribution in [0.4, 0.5) is 0 Å². The molecule has 1 amide bonds. The second-order valence-corrected chi connectivity index (χ2v) is 8.00. The first-order valence-electron chi connectivity index (χ1n) is 6.95. The van der Waals surface area contributed by atoms with Crippen molar-refractivity contribution >= 4 is 15.7 Å². The van der Waals surface area contributed by atoms with Gasteiger partial charge in [0.2, 0.25) is 5.91 Å². The molecule has 112 valence electrons. The molecule has 1 atom stereocenters. The number of amides is 1. The van der Waals surface area contributed by atoms with Crippen molar-refractivity contribution in [1.82, 2.24) is 4.90 Å². The Morgan fingerprint density at radius 3 is 2.37 bits per heavy atom. The molecule has 1 rings (SSSR count). The summed E-state index contributed by atoms with van der Waals surface area (Å²) in [6, 6.07) is -0.695. The Bertz CT molecular complexity index is 416. The molecule has 2 N–H and O–H groups in total. The van der Waals surface area contributed by atoms with Gasteiger partial charge in [-0.2, -0.15) is 0 Å². The van der Waals surface area contributed by atoms with Crippen LogP contribution in [0.3, 0.4) is 0 Å². The zero-order chi connectivity index (χ0) is 14.7. The molecule has 1 fully saturated rings. The number of likely N-dealkylation sites (tertiary alicyclic amines) is 1. The molecule has 1 aliphatic rings. The average molecular weight is 290 g/mol. The van der Waals surface area contributed by atoms with Crippen LogP contribution in [0, 0.1) is 5.41 Å². The highest BCUT2D eigenvalue weighted by atomic mass is 32.2. The summed E-state index contributed by atoms with van der Waals surface area (Å²) in [5.74, 6) is -0.132. The fourth-order valence-corrected chi connectivity index (χ4v) is 3.33. The molecule has 0 aromatic carbocycles. The van der Waals surface area contributed by atoms with Crippen LogP contribution in [0.5, 0.6) is 0 Å². The lowest BCUT2D eigenvalue weighted by molar-refractivity contribution is -0.132. The van der Waals surface area contributed by atoms with Crippen molar-refractivity contribution in [3.05, 3.63) is 0 Å². The fraction of sp³-hybridized carbons (Fsp3) is 0.923. The second-order valence-electron chi connectivity index (χ2n) is 5.74. The van der Waals surface area contributed by atoms with Crippen LogP contribution < -0.4 is 5.73 Å².